The third-order valence-electron chi connectivity index (χ3n) is 2.21. The third-order valence-corrected chi connectivity index (χ3v) is 2.64. The van der Waals surface area contributed by atoms with Gasteiger partial charge in [0.05, 0.1) is 6.10 Å². The molecule has 0 aromatic carbocycles. The van der Waals surface area contributed by atoms with Gasteiger partial charge < -0.3 is 10.5 Å². The van der Waals surface area contributed by atoms with Gasteiger partial charge in [-0.2, -0.15) is 0 Å². The van der Waals surface area contributed by atoms with Crippen LogP contribution in [0.15, 0.2) is 22.9 Å². The second kappa shape index (κ2) is 5.44. The summed E-state index contributed by atoms with van der Waals surface area (Å²) in [6.45, 7) is 1.97. The highest BCUT2D eigenvalue weighted by Crippen LogP contribution is 2.12. The molecule has 2 N–H and O–H groups in total. The Labute approximate surface area is 92.8 Å². The zero-order chi connectivity index (χ0) is 10.6. The van der Waals surface area contributed by atoms with E-state index in [0.717, 1.165) is 16.5 Å². The van der Waals surface area contributed by atoms with E-state index >= 15 is 0 Å². The molecule has 0 fully saturated rings. The molecule has 78 valence electrons. The minimum absolute atomic E-state index is 0.0103. The molecule has 2 atom stereocenters. The molecule has 0 aliphatic carbocycles. The van der Waals surface area contributed by atoms with Crippen LogP contribution in [0.4, 0.5) is 0 Å². The van der Waals surface area contributed by atoms with Crippen molar-refractivity contribution < 1.29 is 4.74 Å². The van der Waals surface area contributed by atoms with Gasteiger partial charge in [-0.05, 0) is 40.9 Å². The molecule has 14 heavy (non-hydrogen) atoms. The standard InChI is InChI=1S/C10H15BrN2O/c1-7(14-2)10(12)4-8-3-9(11)6-13-5-8/h3,5-7,10H,4,12H2,1-2H3. The number of rotatable bonds is 4. The minimum atomic E-state index is 0.0103. The van der Waals surface area contributed by atoms with E-state index in [2.05, 4.69) is 20.9 Å². The molecule has 1 rings (SSSR count). The molecule has 0 bridgehead atoms. The predicted molar refractivity (Wildman–Crippen MR) is 60.1 cm³/mol. The molecule has 3 nitrogen and oxygen atoms in total. The lowest BCUT2D eigenvalue weighted by Gasteiger charge is -2.18. The lowest BCUT2D eigenvalue weighted by Crippen LogP contribution is -2.35. The van der Waals surface area contributed by atoms with Crippen molar-refractivity contribution in [3.63, 3.8) is 0 Å². The lowest BCUT2D eigenvalue weighted by atomic mass is 10.0. The SMILES string of the molecule is COC(C)C(N)Cc1cncc(Br)c1. The van der Waals surface area contributed by atoms with Gasteiger partial charge in [0.15, 0.2) is 0 Å². The van der Waals surface area contributed by atoms with Crippen LogP contribution in [0.25, 0.3) is 0 Å². The Morgan fingerprint density at radius 2 is 2.29 bits per heavy atom. The molecule has 1 aromatic heterocycles. The second-order valence-electron chi connectivity index (χ2n) is 3.32. The van der Waals surface area contributed by atoms with Crippen LogP contribution in [-0.2, 0) is 11.2 Å². The number of nitrogens with zero attached hydrogens (tertiary/aromatic N) is 1. The molecular weight excluding hydrogens is 244 g/mol. The molecular formula is C10H15BrN2O. The summed E-state index contributed by atoms with van der Waals surface area (Å²) >= 11 is 3.37. The average Bonchev–Trinajstić information content (AvgIpc) is 2.16. The summed E-state index contributed by atoms with van der Waals surface area (Å²) in [5.74, 6) is 0. The van der Waals surface area contributed by atoms with Gasteiger partial charge in [0.1, 0.15) is 0 Å². The van der Waals surface area contributed by atoms with E-state index in [0.29, 0.717) is 0 Å². The normalized spacial score (nSPS) is 15.1. The summed E-state index contributed by atoms with van der Waals surface area (Å²) in [5, 5.41) is 0. The highest BCUT2D eigenvalue weighted by atomic mass is 79.9. The number of pyridine rings is 1. The minimum Gasteiger partial charge on any atom is -0.380 e. The van der Waals surface area contributed by atoms with Gasteiger partial charge in [0.25, 0.3) is 0 Å². The predicted octanol–water partition coefficient (Wildman–Crippen LogP) is 1.75. The van der Waals surface area contributed by atoms with Gasteiger partial charge in [-0.1, -0.05) is 0 Å². The first kappa shape index (κ1) is 11.6. The smallest absolute Gasteiger partial charge is 0.0697 e. The van der Waals surface area contributed by atoms with E-state index in [1.54, 1.807) is 13.3 Å². The van der Waals surface area contributed by atoms with E-state index in [1.807, 2.05) is 19.2 Å². The van der Waals surface area contributed by atoms with Crippen LogP contribution in [0.1, 0.15) is 12.5 Å². The Balaban J connectivity index is 2.60. The lowest BCUT2D eigenvalue weighted by molar-refractivity contribution is 0.0955. The Hall–Kier alpha value is -0.450. The molecule has 0 saturated carbocycles. The maximum absolute atomic E-state index is 5.94. The van der Waals surface area contributed by atoms with E-state index in [-0.39, 0.29) is 12.1 Å². The first-order valence-corrected chi connectivity index (χ1v) is 5.30. The Morgan fingerprint density at radius 3 is 2.86 bits per heavy atom. The monoisotopic (exact) mass is 258 g/mol. The van der Waals surface area contributed by atoms with E-state index in [9.17, 15) is 0 Å². The number of ether oxygens (including phenoxy) is 1. The molecule has 0 amide bonds. The number of hydrogen-bond acceptors (Lipinski definition) is 3. The van der Waals surface area contributed by atoms with Crippen molar-refractivity contribution in [1.82, 2.24) is 4.98 Å². The molecule has 0 spiro atoms. The quantitative estimate of drug-likeness (QED) is 0.896. The van der Waals surface area contributed by atoms with E-state index in [4.69, 9.17) is 10.5 Å². The van der Waals surface area contributed by atoms with Crippen LogP contribution < -0.4 is 5.73 Å². The fraction of sp³-hybridized carbons (Fsp3) is 0.500. The molecule has 1 heterocycles. The summed E-state index contributed by atoms with van der Waals surface area (Å²) in [6.07, 6.45) is 4.43. The van der Waals surface area contributed by atoms with Gasteiger partial charge in [0, 0.05) is 30.0 Å². The summed E-state index contributed by atoms with van der Waals surface area (Å²) in [5.41, 5.74) is 7.06. The van der Waals surface area contributed by atoms with Crippen LogP contribution >= 0.6 is 15.9 Å². The molecule has 0 aliphatic rings. The van der Waals surface area contributed by atoms with Gasteiger partial charge in [-0.15, -0.1) is 0 Å². The van der Waals surface area contributed by atoms with Crippen molar-refractivity contribution in [2.24, 2.45) is 5.73 Å². The molecule has 4 heteroatoms. The topological polar surface area (TPSA) is 48.1 Å². The number of nitrogens with two attached hydrogens (primary N) is 1. The highest BCUT2D eigenvalue weighted by Gasteiger charge is 2.12. The number of halogens is 1. The molecule has 2 unspecified atom stereocenters. The summed E-state index contributed by atoms with van der Waals surface area (Å²) < 4.78 is 6.14. The molecule has 0 saturated heterocycles. The van der Waals surface area contributed by atoms with Crippen molar-refractivity contribution in [3.05, 3.63) is 28.5 Å². The van der Waals surface area contributed by atoms with Crippen LogP contribution in [0.3, 0.4) is 0 Å². The van der Waals surface area contributed by atoms with Gasteiger partial charge in [-0.3, -0.25) is 4.98 Å². The number of methoxy groups -OCH3 is 1. The van der Waals surface area contributed by atoms with Crippen molar-refractivity contribution >= 4 is 15.9 Å². The van der Waals surface area contributed by atoms with Crippen molar-refractivity contribution in [2.75, 3.05) is 7.11 Å². The van der Waals surface area contributed by atoms with Crippen molar-refractivity contribution in [2.45, 2.75) is 25.5 Å². The fourth-order valence-electron chi connectivity index (χ4n) is 1.18. The van der Waals surface area contributed by atoms with Crippen molar-refractivity contribution in [1.29, 1.82) is 0 Å². The van der Waals surface area contributed by atoms with Gasteiger partial charge >= 0.3 is 0 Å². The van der Waals surface area contributed by atoms with Gasteiger partial charge in [0.2, 0.25) is 0 Å². The largest absolute Gasteiger partial charge is 0.380 e. The van der Waals surface area contributed by atoms with E-state index < -0.39 is 0 Å². The highest BCUT2D eigenvalue weighted by molar-refractivity contribution is 9.10. The first-order valence-electron chi connectivity index (χ1n) is 4.51. The second-order valence-corrected chi connectivity index (χ2v) is 4.24. The Bertz CT molecular complexity index is 293. The van der Waals surface area contributed by atoms with Crippen LogP contribution in [0.5, 0.6) is 0 Å². The van der Waals surface area contributed by atoms with Crippen LogP contribution in [0, 0.1) is 0 Å². The molecule has 1 aromatic rings. The first-order chi connectivity index (χ1) is 6.63. The molecule has 0 radical (unpaired) electrons. The Morgan fingerprint density at radius 1 is 1.57 bits per heavy atom. The number of aromatic nitrogens is 1. The van der Waals surface area contributed by atoms with E-state index in [1.165, 1.54) is 0 Å². The summed E-state index contributed by atoms with van der Waals surface area (Å²) in [7, 11) is 1.67. The number of hydrogen-bond donors (Lipinski definition) is 1. The fourth-order valence-corrected chi connectivity index (χ4v) is 1.59. The molecule has 0 aliphatic heterocycles. The van der Waals surface area contributed by atoms with Gasteiger partial charge in [-0.25, -0.2) is 0 Å². The van der Waals surface area contributed by atoms with Crippen molar-refractivity contribution in [3.8, 4) is 0 Å². The summed E-state index contributed by atoms with van der Waals surface area (Å²) in [6, 6.07) is 2.03. The zero-order valence-electron chi connectivity index (χ0n) is 8.40. The maximum Gasteiger partial charge on any atom is 0.0697 e. The summed E-state index contributed by atoms with van der Waals surface area (Å²) in [4.78, 5) is 4.08. The Kier molecular flexibility index (Phi) is 4.51. The van der Waals surface area contributed by atoms with Crippen LogP contribution in [-0.4, -0.2) is 24.2 Å². The average molecular weight is 259 g/mol. The third kappa shape index (κ3) is 3.36. The maximum atomic E-state index is 5.94. The van der Waals surface area contributed by atoms with Crippen LogP contribution in [0.2, 0.25) is 0 Å². The zero-order valence-corrected chi connectivity index (χ0v) is 9.99.